The molecule has 2 aromatic heterocycles. The fourth-order valence-corrected chi connectivity index (χ4v) is 6.60. The number of nitrogens with one attached hydrogen (secondary N) is 3. The number of hydrogen-bond acceptors (Lipinski definition) is 7. The van der Waals surface area contributed by atoms with Gasteiger partial charge in [-0.05, 0) is 30.2 Å². The Balaban J connectivity index is 1.24. The van der Waals surface area contributed by atoms with E-state index in [1.165, 1.54) is 9.80 Å². The summed E-state index contributed by atoms with van der Waals surface area (Å²) in [6, 6.07) is 9.41. The second-order valence-corrected chi connectivity index (χ2v) is 13.4. The van der Waals surface area contributed by atoms with Crippen LogP contribution in [0.25, 0.3) is 11.3 Å². The number of amides is 1. The number of halogens is 2. The summed E-state index contributed by atoms with van der Waals surface area (Å²) in [6.07, 6.45) is 6.14. The van der Waals surface area contributed by atoms with Crippen LogP contribution in [0.3, 0.4) is 0 Å². The minimum atomic E-state index is -0.738. The van der Waals surface area contributed by atoms with Crippen molar-refractivity contribution in [2.45, 2.75) is 39.7 Å². The second kappa shape index (κ2) is 15.9. The molecule has 0 unspecified atom stereocenters. The van der Waals surface area contributed by atoms with Crippen LogP contribution in [0.15, 0.2) is 42.7 Å². The molecule has 0 spiro atoms. The van der Waals surface area contributed by atoms with Crippen molar-refractivity contribution in [3.8, 4) is 22.9 Å². The van der Waals surface area contributed by atoms with Gasteiger partial charge < -0.3 is 29.9 Å². The zero-order valence-electron chi connectivity index (χ0n) is 26.4. The number of anilines is 1. The average Bonchev–Trinajstić information content (AvgIpc) is 3.03. The fourth-order valence-electron chi connectivity index (χ4n) is 6.07. The van der Waals surface area contributed by atoms with E-state index in [1.807, 2.05) is 18.2 Å². The minimum Gasteiger partial charge on any atom is -0.481 e. The highest BCUT2D eigenvalue weighted by Gasteiger charge is 2.25. The number of rotatable bonds is 12. The van der Waals surface area contributed by atoms with E-state index in [2.05, 4.69) is 26.3 Å². The number of piperazine rings is 1. The SMILES string of the molecule is CC(=O)NCC1CC[NH+](Cc2cc(Oc3cnc(N4CC[NH+](CC[C@@H](C)C(=O)O)CC4)nc3)nc(-c3cc(Cl)cc(Cl)c3)c2)CC1. The molecular weight excluding hydrogens is 629 g/mol. The maximum Gasteiger partial charge on any atom is 0.306 e. The molecule has 0 radical (unpaired) electrons. The third-order valence-electron chi connectivity index (χ3n) is 8.87. The summed E-state index contributed by atoms with van der Waals surface area (Å²) in [6.45, 7) is 11.2. The molecule has 0 aliphatic carbocycles. The highest BCUT2D eigenvalue weighted by atomic mass is 35.5. The van der Waals surface area contributed by atoms with Crippen LogP contribution in [0, 0.1) is 11.8 Å². The molecule has 4 heterocycles. The molecule has 46 heavy (non-hydrogen) atoms. The van der Waals surface area contributed by atoms with Crippen molar-refractivity contribution in [1.29, 1.82) is 0 Å². The number of nitrogens with zero attached hydrogens (tertiary/aromatic N) is 4. The van der Waals surface area contributed by atoms with Gasteiger partial charge in [-0.1, -0.05) is 30.1 Å². The van der Waals surface area contributed by atoms with Gasteiger partial charge in [0.1, 0.15) is 6.54 Å². The molecule has 0 bridgehead atoms. The van der Waals surface area contributed by atoms with E-state index in [4.69, 9.17) is 38.0 Å². The van der Waals surface area contributed by atoms with Crippen molar-refractivity contribution in [3.63, 3.8) is 0 Å². The number of piperidine rings is 1. The number of carboxylic acid groups (broad SMARTS) is 1. The van der Waals surface area contributed by atoms with Gasteiger partial charge >= 0.3 is 5.97 Å². The number of carbonyl (C=O) groups excluding carboxylic acids is 1. The lowest BCUT2D eigenvalue weighted by Crippen LogP contribution is -3.15. The van der Waals surface area contributed by atoms with Gasteiger partial charge in [0.25, 0.3) is 0 Å². The first-order valence-electron chi connectivity index (χ1n) is 16.0. The number of carboxylic acids is 1. The summed E-state index contributed by atoms with van der Waals surface area (Å²) < 4.78 is 6.21. The van der Waals surface area contributed by atoms with E-state index in [9.17, 15) is 9.59 Å². The Morgan fingerprint density at radius 2 is 1.70 bits per heavy atom. The van der Waals surface area contributed by atoms with Crippen molar-refractivity contribution < 1.29 is 29.2 Å². The third-order valence-corrected chi connectivity index (χ3v) is 9.31. The molecule has 1 amide bonds. The molecule has 2 fully saturated rings. The predicted molar refractivity (Wildman–Crippen MR) is 177 cm³/mol. The Hall–Kier alpha value is -3.51. The maximum atomic E-state index is 11.3. The summed E-state index contributed by atoms with van der Waals surface area (Å²) in [5.41, 5.74) is 2.60. The Labute approximate surface area is 279 Å². The van der Waals surface area contributed by atoms with Gasteiger partial charge in [0.2, 0.25) is 17.7 Å². The van der Waals surface area contributed by atoms with E-state index >= 15 is 0 Å². The van der Waals surface area contributed by atoms with E-state index < -0.39 is 5.97 Å². The van der Waals surface area contributed by atoms with Crippen LogP contribution in [0.5, 0.6) is 11.6 Å². The minimum absolute atomic E-state index is 0.0213. The van der Waals surface area contributed by atoms with Gasteiger partial charge in [-0.3, -0.25) is 9.59 Å². The van der Waals surface area contributed by atoms with E-state index in [0.29, 0.717) is 45.7 Å². The monoisotopic (exact) mass is 671 g/mol. The number of ether oxygens (including phenoxy) is 1. The van der Waals surface area contributed by atoms with Crippen LogP contribution < -0.4 is 24.8 Å². The highest BCUT2D eigenvalue weighted by Crippen LogP contribution is 2.30. The number of aromatic nitrogens is 3. The Morgan fingerprint density at radius 3 is 2.33 bits per heavy atom. The summed E-state index contributed by atoms with van der Waals surface area (Å²) in [5.74, 6) is 1.04. The normalized spacial score (nSPS) is 19.4. The average molecular weight is 673 g/mol. The molecule has 0 saturated carbocycles. The molecule has 4 N–H and O–H groups in total. The van der Waals surface area contributed by atoms with E-state index in [-0.39, 0.29) is 11.8 Å². The molecule has 2 aliphatic rings. The molecule has 5 rings (SSSR count). The summed E-state index contributed by atoms with van der Waals surface area (Å²) in [5, 5.41) is 13.2. The van der Waals surface area contributed by atoms with E-state index in [0.717, 1.165) is 82.9 Å². The van der Waals surface area contributed by atoms with Crippen LogP contribution in [-0.4, -0.2) is 84.3 Å². The fraction of sp³-hybridized carbons (Fsp3) is 0.485. The zero-order valence-corrected chi connectivity index (χ0v) is 27.9. The largest absolute Gasteiger partial charge is 0.481 e. The number of aliphatic carboxylic acids is 1. The molecule has 1 aromatic carbocycles. The van der Waals surface area contributed by atoms with E-state index in [1.54, 1.807) is 32.3 Å². The molecule has 2 aliphatic heterocycles. The maximum absolute atomic E-state index is 11.3. The number of carbonyl (C=O) groups is 2. The molecule has 1 atom stereocenters. The molecule has 2 saturated heterocycles. The number of quaternary nitrogens is 2. The van der Waals surface area contributed by atoms with Gasteiger partial charge in [-0.15, -0.1) is 0 Å². The van der Waals surface area contributed by atoms with Crippen LogP contribution in [-0.2, 0) is 16.1 Å². The molecule has 246 valence electrons. The van der Waals surface area contributed by atoms with Crippen molar-refractivity contribution in [2.24, 2.45) is 11.8 Å². The zero-order chi connectivity index (χ0) is 32.6. The number of benzene rings is 1. The number of hydrogen-bond donors (Lipinski definition) is 4. The Kier molecular flexibility index (Phi) is 11.7. The first-order valence-corrected chi connectivity index (χ1v) is 16.7. The lowest BCUT2D eigenvalue weighted by atomic mass is 9.96. The van der Waals surface area contributed by atoms with Crippen LogP contribution in [0.4, 0.5) is 5.95 Å². The quantitative estimate of drug-likeness (QED) is 0.231. The lowest BCUT2D eigenvalue weighted by molar-refractivity contribution is -0.919. The first kappa shape index (κ1) is 33.8. The highest BCUT2D eigenvalue weighted by molar-refractivity contribution is 6.35. The standard InChI is InChI=1S/C33H41Cl2N7O4/c1-22(32(44)45)3-6-40-9-11-42(12-10-40)33-37-19-29(20-38-33)46-31-14-25(13-30(39-31)26-15-27(34)17-28(35)16-26)21-41-7-4-24(5-8-41)18-36-23(2)43/h13-17,19-20,22,24H,3-12,18,21H2,1-2H3,(H,36,43)(H,44,45)/p+2/t22-/m1/s1. The van der Waals surface area contributed by atoms with Crippen molar-refractivity contribution in [1.82, 2.24) is 20.3 Å². The van der Waals surface area contributed by atoms with Crippen molar-refractivity contribution in [2.75, 3.05) is 57.3 Å². The topological polar surface area (TPSA) is 126 Å². The van der Waals surface area contributed by atoms with Crippen LogP contribution in [0.1, 0.15) is 38.7 Å². The Bertz CT molecular complexity index is 1470. The van der Waals surface area contributed by atoms with Crippen LogP contribution in [0.2, 0.25) is 10.0 Å². The van der Waals surface area contributed by atoms with Gasteiger partial charge in [0.15, 0.2) is 5.75 Å². The first-order chi connectivity index (χ1) is 22.1. The van der Waals surface area contributed by atoms with Crippen molar-refractivity contribution in [3.05, 3.63) is 58.3 Å². The molecule has 3 aromatic rings. The third kappa shape index (κ3) is 9.75. The molecular formula is C33H43Cl2N7O4+2. The lowest BCUT2D eigenvalue weighted by Gasteiger charge is -2.32. The smallest absolute Gasteiger partial charge is 0.306 e. The molecule has 13 heteroatoms. The molecule has 11 nitrogen and oxygen atoms in total. The predicted octanol–water partition coefficient (Wildman–Crippen LogP) is 2.38. The number of pyridine rings is 1. The van der Waals surface area contributed by atoms with Crippen LogP contribution >= 0.6 is 23.2 Å². The van der Waals surface area contributed by atoms with Gasteiger partial charge in [-0.2, -0.15) is 0 Å². The van der Waals surface area contributed by atoms with Crippen molar-refractivity contribution >= 4 is 41.0 Å². The number of likely N-dealkylation sites (tertiary alicyclic amines) is 1. The summed E-state index contributed by atoms with van der Waals surface area (Å²) in [7, 11) is 0. The van der Waals surface area contributed by atoms with Gasteiger partial charge in [0, 0.05) is 60.0 Å². The summed E-state index contributed by atoms with van der Waals surface area (Å²) in [4.78, 5) is 41.4. The second-order valence-electron chi connectivity index (χ2n) is 12.5. The summed E-state index contributed by atoms with van der Waals surface area (Å²) >= 11 is 12.7. The van der Waals surface area contributed by atoms with Gasteiger partial charge in [-0.25, -0.2) is 15.0 Å². The Morgan fingerprint density at radius 1 is 1.02 bits per heavy atom. The van der Waals surface area contributed by atoms with Gasteiger partial charge in [0.05, 0.1) is 69.8 Å².